The van der Waals surface area contributed by atoms with E-state index in [4.69, 9.17) is 17.3 Å². The number of H-pyrrole nitrogens is 1. The van der Waals surface area contributed by atoms with Crippen molar-refractivity contribution in [1.82, 2.24) is 25.1 Å². The van der Waals surface area contributed by atoms with E-state index in [9.17, 15) is 0 Å². The fourth-order valence-corrected chi connectivity index (χ4v) is 5.52. The summed E-state index contributed by atoms with van der Waals surface area (Å²) in [5, 5.41) is 9.11. The van der Waals surface area contributed by atoms with Gasteiger partial charge >= 0.3 is 0 Å². The van der Waals surface area contributed by atoms with Gasteiger partial charge < -0.3 is 10.7 Å². The van der Waals surface area contributed by atoms with Crippen LogP contribution in [0.4, 0.5) is 5.82 Å². The number of aromatic nitrogens is 4. The molecule has 0 saturated carbocycles. The molecule has 1 atom stereocenters. The Kier molecular flexibility index (Phi) is 5.72. The minimum atomic E-state index is 0.113. The summed E-state index contributed by atoms with van der Waals surface area (Å²) >= 11 is 7.91. The minimum Gasteiger partial charge on any atom is -0.384 e. The van der Waals surface area contributed by atoms with Crippen LogP contribution in [0.5, 0.6) is 0 Å². The number of hydrogen-bond acceptors (Lipinski definition) is 6. The number of nitrogens with zero attached hydrogens (tertiary/aromatic N) is 4. The van der Waals surface area contributed by atoms with Gasteiger partial charge in [-0.2, -0.15) is 0 Å². The Labute approximate surface area is 190 Å². The highest BCUT2D eigenvalue weighted by Gasteiger charge is 2.29. The number of halogens is 1. The molecule has 0 amide bonds. The zero-order chi connectivity index (χ0) is 21.2. The SMILES string of the molecule is Nc1cc(-c2cc(C(c3ccc(Cl)cc3)N3CCCCC3)c(-c3nnc[nH]3)s2)ccn1. The number of aromatic amines is 1. The van der Waals surface area contributed by atoms with Crippen LogP contribution < -0.4 is 5.73 Å². The summed E-state index contributed by atoms with van der Waals surface area (Å²) < 4.78 is 0. The van der Waals surface area contributed by atoms with Crippen molar-refractivity contribution in [2.45, 2.75) is 25.3 Å². The lowest BCUT2D eigenvalue weighted by Gasteiger charge is -2.35. The summed E-state index contributed by atoms with van der Waals surface area (Å²) in [5.74, 6) is 1.29. The molecule has 3 aromatic heterocycles. The molecule has 1 aliphatic heterocycles. The van der Waals surface area contributed by atoms with Crippen LogP contribution in [0.3, 0.4) is 0 Å². The molecule has 1 aliphatic rings. The highest BCUT2D eigenvalue weighted by Crippen LogP contribution is 2.44. The van der Waals surface area contributed by atoms with E-state index >= 15 is 0 Å². The number of benzene rings is 1. The lowest BCUT2D eigenvalue weighted by molar-refractivity contribution is 0.188. The van der Waals surface area contributed by atoms with E-state index in [0.29, 0.717) is 5.82 Å². The van der Waals surface area contributed by atoms with Gasteiger partial charge in [0.05, 0.1) is 10.9 Å². The average Bonchev–Trinajstić information content (AvgIpc) is 3.46. The van der Waals surface area contributed by atoms with Crippen LogP contribution >= 0.6 is 22.9 Å². The quantitative estimate of drug-likeness (QED) is 0.425. The second kappa shape index (κ2) is 8.78. The van der Waals surface area contributed by atoms with Crippen LogP contribution in [0, 0.1) is 0 Å². The van der Waals surface area contributed by atoms with Crippen LogP contribution in [-0.4, -0.2) is 38.2 Å². The third-order valence-electron chi connectivity index (χ3n) is 5.69. The first kappa shape index (κ1) is 20.2. The first-order valence-corrected chi connectivity index (χ1v) is 11.6. The molecule has 0 radical (unpaired) electrons. The lowest BCUT2D eigenvalue weighted by Crippen LogP contribution is -2.34. The molecule has 8 heteroatoms. The van der Waals surface area contributed by atoms with Crippen molar-refractivity contribution >= 4 is 28.8 Å². The van der Waals surface area contributed by atoms with Crippen molar-refractivity contribution in [3.8, 4) is 21.1 Å². The number of nitrogens with one attached hydrogen (secondary N) is 1. The topological polar surface area (TPSA) is 83.7 Å². The van der Waals surface area contributed by atoms with Crippen molar-refractivity contribution in [2.75, 3.05) is 18.8 Å². The minimum absolute atomic E-state index is 0.113. The maximum absolute atomic E-state index is 6.21. The zero-order valence-corrected chi connectivity index (χ0v) is 18.5. The van der Waals surface area contributed by atoms with Crippen molar-refractivity contribution in [3.05, 3.63) is 71.1 Å². The molecule has 1 aromatic carbocycles. The van der Waals surface area contributed by atoms with Crippen LogP contribution in [0.1, 0.15) is 36.4 Å². The summed E-state index contributed by atoms with van der Waals surface area (Å²) in [6.45, 7) is 2.13. The Morgan fingerprint density at radius 2 is 1.87 bits per heavy atom. The summed E-state index contributed by atoms with van der Waals surface area (Å²) in [6.07, 6.45) is 7.07. The normalized spacial score (nSPS) is 15.8. The Balaban J connectivity index is 1.67. The van der Waals surface area contributed by atoms with Crippen molar-refractivity contribution in [2.24, 2.45) is 0 Å². The third-order valence-corrected chi connectivity index (χ3v) is 7.15. The Morgan fingerprint density at radius 3 is 2.58 bits per heavy atom. The molecule has 4 heterocycles. The van der Waals surface area contributed by atoms with Crippen molar-refractivity contribution in [3.63, 3.8) is 0 Å². The Hall–Kier alpha value is -2.74. The van der Waals surface area contributed by atoms with E-state index in [-0.39, 0.29) is 6.04 Å². The monoisotopic (exact) mass is 450 g/mol. The Bertz CT molecular complexity index is 1150. The fourth-order valence-electron chi connectivity index (χ4n) is 4.26. The van der Waals surface area contributed by atoms with Gasteiger partial charge in [-0.25, -0.2) is 4.98 Å². The summed E-state index contributed by atoms with van der Waals surface area (Å²) in [5.41, 5.74) is 9.46. The van der Waals surface area contributed by atoms with E-state index < -0.39 is 0 Å². The largest absolute Gasteiger partial charge is 0.384 e. The first-order chi connectivity index (χ1) is 15.2. The molecule has 0 spiro atoms. The van der Waals surface area contributed by atoms with Gasteiger partial charge in [-0.3, -0.25) is 4.90 Å². The van der Waals surface area contributed by atoms with Crippen LogP contribution in [0.25, 0.3) is 21.1 Å². The van der Waals surface area contributed by atoms with Crippen LogP contribution in [0.2, 0.25) is 5.02 Å². The molecule has 31 heavy (non-hydrogen) atoms. The highest BCUT2D eigenvalue weighted by atomic mass is 35.5. The molecule has 1 fully saturated rings. The summed E-state index contributed by atoms with van der Waals surface area (Å²) in [4.78, 5) is 12.1. The molecule has 5 rings (SSSR count). The third kappa shape index (κ3) is 4.21. The number of nitrogen functional groups attached to an aromatic ring is 1. The van der Waals surface area contributed by atoms with Gasteiger partial charge in [-0.1, -0.05) is 30.2 Å². The number of piperidine rings is 1. The standard InChI is InChI=1S/C23H23ClN6S/c24-17-6-4-15(5-7-17)21(30-10-2-1-3-11-30)18-13-19(16-8-9-26-20(25)12-16)31-22(18)23-27-14-28-29-23/h4-9,12-14,21H,1-3,10-11H2,(H2,25,26)(H,27,28,29). The lowest BCUT2D eigenvalue weighted by atomic mass is 9.94. The van der Waals surface area contributed by atoms with Crippen molar-refractivity contribution < 1.29 is 0 Å². The second-order valence-electron chi connectivity index (χ2n) is 7.75. The van der Waals surface area contributed by atoms with Crippen LogP contribution in [0.15, 0.2) is 55.0 Å². The molecular formula is C23H23ClN6S. The van der Waals surface area contributed by atoms with E-state index in [1.54, 1.807) is 23.9 Å². The number of nitrogens with two attached hydrogens (primary N) is 1. The van der Waals surface area contributed by atoms with Gasteiger partial charge in [0.25, 0.3) is 0 Å². The van der Waals surface area contributed by atoms with Crippen LogP contribution in [-0.2, 0) is 0 Å². The zero-order valence-electron chi connectivity index (χ0n) is 17.0. The molecule has 4 aromatic rings. The molecule has 1 saturated heterocycles. The number of hydrogen-bond donors (Lipinski definition) is 2. The summed E-state index contributed by atoms with van der Waals surface area (Å²) in [7, 11) is 0. The fraction of sp³-hybridized carbons (Fsp3) is 0.261. The maximum atomic E-state index is 6.21. The van der Waals surface area contributed by atoms with Gasteiger partial charge in [-0.05, 0) is 73.0 Å². The van der Waals surface area contributed by atoms with Gasteiger partial charge in [-0.15, -0.1) is 21.5 Å². The molecular weight excluding hydrogens is 428 g/mol. The number of rotatable bonds is 5. The van der Waals surface area contributed by atoms with E-state index in [2.05, 4.69) is 43.3 Å². The second-order valence-corrected chi connectivity index (χ2v) is 9.24. The smallest absolute Gasteiger partial charge is 0.171 e. The number of anilines is 1. The van der Waals surface area contributed by atoms with Gasteiger partial charge in [0, 0.05) is 16.1 Å². The summed E-state index contributed by atoms with van der Waals surface area (Å²) in [6, 6.07) is 14.5. The average molecular weight is 451 g/mol. The number of thiophene rings is 1. The Morgan fingerprint density at radius 1 is 1.06 bits per heavy atom. The molecule has 158 valence electrons. The predicted octanol–water partition coefficient (Wildman–Crippen LogP) is 5.41. The van der Waals surface area contributed by atoms with Crippen molar-refractivity contribution in [1.29, 1.82) is 0 Å². The van der Waals surface area contributed by atoms with Gasteiger partial charge in [0.2, 0.25) is 0 Å². The van der Waals surface area contributed by atoms with E-state index in [0.717, 1.165) is 39.3 Å². The van der Waals surface area contributed by atoms with Gasteiger partial charge in [0.1, 0.15) is 12.1 Å². The molecule has 0 bridgehead atoms. The number of pyridine rings is 1. The maximum Gasteiger partial charge on any atom is 0.171 e. The number of likely N-dealkylation sites (tertiary alicyclic amines) is 1. The van der Waals surface area contributed by atoms with E-state index in [1.807, 2.05) is 24.3 Å². The molecule has 3 N–H and O–H groups in total. The molecule has 1 unspecified atom stereocenters. The first-order valence-electron chi connectivity index (χ1n) is 10.4. The highest BCUT2D eigenvalue weighted by molar-refractivity contribution is 7.19. The molecule has 0 aliphatic carbocycles. The predicted molar refractivity (Wildman–Crippen MR) is 126 cm³/mol. The molecule has 6 nitrogen and oxygen atoms in total. The van der Waals surface area contributed by atoms with Gasteiger partial charge in [0.15, 0.2) is 5.82 Å². The van der Waals surface area contributed by atoms with E-state index in [1.165, 1.54) is 30.4 Å².